The maximum Gasteiger partial charge on any atom is 0.305 e. The molecule has 2 nitrogen and oxygen atoms in total. The molecule has 1 aromatic carbocycles. The Morgan fingerprint density at radius 2 is 2.06 bits per heavy atom. The van der Waals surface area contributed by atoms with E-state index in [1.165, 1.54) is 0 Å². The fraction of sp³-hybridized carbons (Fsp3) is 0.500. The van der Waals surface area contributed by atoms with Gasteiger partial charge < -0.3 is 4.74 Å². The highest BCUT2D eigenvalue weighted by Gasteiger charge is 2.10. The Bertz CT molecular complexity index is 324. The van der Waals surface area contributed by atoms with Gasteiger partial charge in [-0.2, -0.15) is 0 Å². The molecule has 0 aromatic heterocycles. The first kappa shape index (κ1) is 14.0. The zero-order valence-electron chi connectivity index (χ0n) is 10.2. The summed E-state index contributed by atoms with van der Waals surface area (Å²) in [6, 6.07) is 9.79. The standard InChI is InChI=1S/C14H19ClO2/c1-2-3-11-17-14(16)10-9-13(15)12-7-5-4-6-8-12/h4-8,13H,2-3,9-11H2,1H3. The number of hydrogen-bond acceptors (Lipinski definition) is 2. The molecule has 0 amide bonds. The maximum atomic E-state index is 11.4. The van der Waals surface area contributed by atoms with Crippen molar-refractivity contribution < 1.29 is 9.53 Å². The third-order valence-corrected chi connectivity index (χ3v) is 2.99. The van der Waals surface area contributed by atoms with Crippen molar-refractivity contribution in [3.05, 3.63) is 35.9 Å². The number of hydrogen-bond donors (Lipinski definition) is 0. The van der Waals surface area contributed by atoms with E-state index in [4.69, 9.17) is 16.3 Å². The minimum Gasteiger partial charge on any atom is -0.466 e. The lowest BCUT2D eigenvalue weighted by Crippen LogP contribution is -2.06. The van der Waals surface area contributed by atoms with Crippen LogP contribution in [0.25, 0.3) is 0 Å². The molecule has 0 radical (unpaired) electrons. The van der Waals surface area contributed by atoms with Crippen LogP contribution in [0.15, 0.2) is 30.3 Å². The first-order valence-electron chi connectivity index (χ1n) is 6.08. The van der Waals surface area contributed by atoms with Crippen molar-refractivity contribution in [1.82, 2.24) is 0 Å². The molecule has 0 saturated carbocycles. The lowest BCUT2D eigenvalue weighted by Gasteiger charge is -2.09. The van der Waals surface area contributed by atoms with Gasteiger partial charge in [0.25, 0.3) is 0 Å². The van der Waals surface area contributed by atoms with Crippen LogP contribution >= 0.6 is 11.6 Å². The van der Waals surface area contributed by atoms with Crippen molar-refractivity contribution in [3.63, 3.8) is 0 Å². The Balaban J connectivity index is 2.24. The van der Waals surface area contributed by atoms with Crippen molar-refractivity contribution >= 4 is 17.6 Å². The van der Waals surface area contributed by atoms with Crippen molar-refractivity contribution in [2.75, 3.05) is 6.61 Å². The number of rotatable bonds is 7. The highest BCUT2D eigenvalue weighted by molar-refractivity contribution is 6.20. The molecule has 0 aliphatic carbocycles. The van der Waals surface area contributed by atoms with Gasteiger partial charge in [0.2, 0.25) is 0 Å². The minimum absolute atomic E-state index is 0.116. The quantitative estimate of drug-likeness (QED) is 0.416. The molecule has 0 aliphatic rings. The molecule has 3 heteroatoms. The second-order valence-corrected chi connectivity index (χ2v) is 4.52. The second kappa shape index (κ2) is 8.13. The SMILES string of the molecule is CCCCOC(=O)CCC(Cl)c1ccccc1. The second-order valence-electron chi connectivity index (χ2n) is 3.99. The van der Waals surface area contributed by atoms with Gasteiger partial charge in [-0.05, 0) is 18.4 Å². The molecule has 1 atom stereocenters. The summed E-state index contributed by atoms with van der Waals surface area (Å²) >= 11 is 6.20. The van der Waals surface area contributed by atoms with E-state index in [0.717, 1.165) is 18.4 Å². The summed E-state index contributed by atoms with van der Waals surface area (Å²) in [5.74, 6) is -0.153. The van der Waals surface area contributed by atoms with Gasteiger partial charge >= 0.3 is 5.97 Å². The van der Waals surface area contributed by atoms with Crippen molar-refractivity contribution in [1.29, 1.82) is 0 Å². The molecular formula is C14H19ClO2. The number of carbonyl (C=O) groups excluding carboxylic acids is 1. The Morgan fingerprint density at radius 3 is 2.71 bits per heavy atom. The molecule has 0 spiro atoms. The number of ether oxygens (including phenoxy) is 1. The van der Waals surface area contributed by atoms with Crippen LogP contribution < -0.4 is 0 Å². The van der Waals surface area contributed by atoms with Crippen molar-refractivity contribution in [2.45, 2.75) is 38.0 Å². The fourth-order valence-electron chi connectivity index (χ4n) is 1.48. The van der Waals surface area contributed by atoms with Crippen LogP contribution in [0.2, 0.25) is 0 Å². The maximum absolute atomic E-state index is 11.4. The molecule has 0 N–H and O–H groups in total. The van der Waals surface area contributed by atoms with Gasteiger partial charge in [-0.15, -0.1) is 11.6 Å². The van der Waals surface area contributed by atoms with Gasteiger partial charge in [0, 0.05) is 6.42 Å². The van der Waals surface area contributed by atoms with Crippen LogP contribution in [0, 0.1) is 0 Å². The zero-order chi connectivity index (χ0) is 12.5. The van der Waals surface area contributed by atoms with Gasteiger partial charge in [-0.3, -0.25) is 4.79 Å². The fourth-order valence-corrected chi connectivity index (χ4v) is 1.73. The zero-order valence-corrected chi connectivity index (χ0v) is 11.0. The molecule has 0 heterocycles. The third kappa shape index (κ3) is 5.73. The van der Waals surface area contributed by atoms with Crippen LogP contribution in [0.4, 0.5) is 0 Å². The number of esters is 1. The number of carbonyl (C=O) groups is 1. The van der Waals surface area contributed by atoms with Gasteiger partial charge in [0.1, 0.15) is 0 Å². The van der Waals surface area contributed by atoms with Gasteiger partial charge in [0.15, 0.2) is 0 Å². The summed E-state index contributed by atoms with van der Waals surface area (Å²) in [7, 11) is 0. The van der Waals surface area contributed by atoms with Crippen LogP contribution in [0.3, 0.4) is 0 Å². The summed E-state index contributed by atoms with van der Waals surface area (Å²) in [5.41, 5.74) is 1.05. The molecule has 0 aliphatic heterocycles. The smallest absolute Gasteiger partial charge is 0.305 e. The first-order valence-corrected chi connectivity index (χ1v) is 6.52. The predicted octanol–water partition coefficient (Wildman–Crippen LogP) is 4.09. The largest absolute Gasteiger partial charge is 0.466 e. The lowest BCUT2D eigenvalue weighted by atomic mass is 10.1. The van der Waals surface area contributed by atoms with Crippen LogP contribution in [-0.2, 0) is 9.53 Å². The Labute approximate surface area is 108 Å². The van der Waals surface area contributed by atoms with E-state index in [0.29, 0.717) is 19.4 Å². The average Bonchev–Trinajstić information content (AvgIpc) is 2.37. The van der Waals surface area contributed by atoms with Crippen LogP contribution in [0.5, 0.6) is 0 Å². The van der Waals surface area contributed by atoms with Gasteiger partial charge in [0.05, 0.1) is 12.0 Å². The summed E-state index contributed by atoms with van der Waals surface area (Å²) < 4.78 is 5.07. The molecule has 94 valence electrons. The van der Waals surface area contributed by atoms with E-state index >= 15 is 0 Å². The summed E-state index contributed by atoms with van der Waals surface area (Å²) in [6.45, 7) is 2.59. The number of alkyl halides is 1. The Hall–Kier alpha value is -1.02. The minimum atomic E-state index is -0.153. The van der Waals surface area contributed by atoms with E-state index in [-0.39, 0.29) is 11.3 Å². The molecule has 1 aromatic rings. The first-order chi connectivity index (χ1) is 8.24. The Kier molecular flexibility index (Phi) is 6.71. The molecule has 1 rings (SSSR count). The average molecular weight is 255 g/mol. The Morgan fingerprint density at radius 1 is 1.35 bits per heavy atom. The molecule has 0 bridgehead atoms. The van der Waals surface area contributed by atoms with Crippen LogP contribution in [0.1, 0.15) is 43.5 Å². The predicted molar refractivity (Wildman–Crippen MR) is 70.1 cm³/mol. The highest BCUT2D eigenvalue weighted by atomic mass is 35.5. The van der Waals surface area contributed by atoms with E-state index in [9.17, 15) is 4.79 Å². The van der Waals surface area contributed by atoms with Crippen molar-refractivity contribution in [2.24, 2.45) is 0 Å². The number of unbranched alkanes of at least 4 members (excludes halogenated alkanes) is 1. The van der Waals surface area contributed by atoms with Crippen molar-refractivity contribution in [3.8, 4) is 0 Å². The monoisotopic (exact) mass is 254 g/mol. The lowest BCUT2D eigenvalue weighted by molar-refractivity contribution is -0.143. The topological polar surface area (TPSA) is 26.3 Å². The highest BCUT2D eigenvalue weighted by Crippen LogP contribution is 2.25. The van der Waals surface area contributed by atoms with E-state index in [1.807, 2.05) is 30.3 Å². The van der Waals surface area contributed by atoms with E-state index in [2.05, 4.69) is 6.92 Å². The summed E-state index contributed by atoms with van der Waals surface area (Å²) in [5, 5.41) is -0.116. The molecular weight excluding hydrogens is 236 g/mol. The van der Waals surface area contributed by atoms with E-state index in [1.54, 1.807) is 0 Å². The molecule has 1 unspecified atom stereocenters. The summed E-state index contributed by atoms with van der Waals surface area (Å²) in [6.07, 6.45) is 2.97. The third-order valence-electron chi connectivity index (χ3n) is 2.52. The molecule has 17 heavy (non-hydrogen) atoms. The van der Waals surface area contributed by atoms with Gasteiger partial charge in [-0.25, -0.2) is 0 Å². The number of benzene rings is 1. The van der Waals surface area contributed by atoms with Gasteiger partial charge in [-0.1, -0.05) is 43.7 Å². The molecule has 0 fully saturated rings. The van der Waals surface area contributed by atoms with E-state index < -0.39 is 0 Å². The summed E-state index contributed by atoms with van der Waals surface area (Å²) in [4.78, 5) is 11.4. The number of halogens is 1. The molecule has 0 saturated heterocycles. The van der Waals surface area contributed by atoms with Crippen LogP contribution in [-0.4, -0.2) is 12.6 Å². The normalized spacial score (nSPS) is 12.1.